The molecule has 25 heavy (non-hydrogen) atoms. The van der Waals surface area contributed by atoms with Gasteiger partial charge in [0.2, 0.25) is 0 Å². The molecule has 0 spiro atoms. The molecule has 1 heterocycles. The van der Waals surface area contributed by atoms with E-state index in [9.17, 15) is 4.79 Å². The average molecular weight is 357 g/mol. The van der Waals surface area contributed by atoms with E-state index >= 15 is 0 Å². The highest BCUT2D eigenvalue weighted by molar-refractivity contribution is 6.27. The van der Waals surface area contributed by atoms with Gasteiger partial charge in [0, 0.05) is 35.3 Å². The van der Waals surface area contributed by atoms with Crippen LogP contribution < -0.4 is 14.7 Å². The molecule has 0 N–H and O–H groups in total. The lowest BCUT2D eigenvalue weighted by molar-refractivity contribution is 0.414. The lowest BCUT2D eigenvalue weighted by Crippen LogP contribution is -2.20. The number of aryl methyl sites for hydroxylation is 1. The van der Waals surface area contributed by atoms with E-state index in [4.69, 9.17) is 16.5 Å². The average Bonchev–Trinajstić information content (AvgIpc) is 2.64. The summed E-state index contributed by atoms with van der Waals surface area (Å²) in [7, 11) is 1.64. The minimum atomic E-state index is 0.0210. The van der Waals surface area contributed by atoms with Gasteiger partial charge in [-0.2, -0.15) is 0 Å². The number of fused-ring (bicyclic) bond motifs is 1. The predicted molar refractivity (Wildman–Crippen MR) is 104 cm³/mol. The van der Waals surface area contributed by atoms with Crippen LogP contribution in [0.2, 0.25) is 0 Å². The molecule has 5 heteroatoms. The molecule has 0 aliphatic carbocycles. The Kier molecular flexibility index (Phi) is 5.29. The first kappa shape index (κ1) is 17.4. The van der Waals surface area contributed by atoms with Gasteiger partial charge >= 0.3 is 0 Å². The maximum atomic E-state index is 12.6. The smallest absolute Gasteiger partial charge is 0.258 e. The van der Waals surface area contributed by atoms with Crippen LogP contribution in [0.15, 0.2) is 59.5 Å². The highest BCUT2D eigenvalue weighted by atomic mass is 35.5. The molecular formula is C20H21ClN2O2. The van der Waals surface area contributed by atoms with E-state index in [0.29, 0.717) is 18.5 Å². The molecule has 4 nitrogen and oxygen atoms in total. The molecule has 0 fully saturated rings. The van der Waals surface area contributed by atoms with Crippen LogP contribution in [-0.4, -0.2) is 11.7 Å². The van der Waals surface area contributed by atoms with Gasteiger partial charge in [-0.05, 0) is 42.3 Å². The Labute approximate surface area is 152 Å². The number of ether oxygens (including phenoxy) is 1. The first-order chi connectivity index (χ1) is 12.1. The summed E-state index contributed by atoms with van der Waals surface area (Å²) in [5, 5.41) is 1.54. The number of benzene rings is 2. The van der Waals surface area contributed by atoms with Crippen molar-refractivity contribution in [2.75, 3.05) is 11.5 Å². The van der Waals surface area contributed by atoms with Gasteiger partial charge in [0.1, 0.15) is 5.75 Å². The van der Waals surface area contributed by atoms with Crippen molar-refractivity contribution in [3.63, 3.8) is 0 Å². The van der Waals surface area contributed by atoms with Crippen molar-refractivity contribution in [2.45, 2.75) is 26.4 Å². The van der Waals surface area contributed by atoms with Crippen LogP contribution in [0.4, 0.5) is 5.69 Å². The van der Waals surface area contributed by atoms with Crippen LogP contribution in [-0.2, 0) is 13.1 Å². The van der Waals surface area contributed by atoms with E-state index in [1.54, 1.807) is 16.1 Å². The summed E-state index contributed by atoms with van der Waals surface area (Å²) in [6.45, 7) is 3.28. The van der Waals surface area contributed by atoms with Crippen molar-refractivity contribution in [3.05, 3.63) is 70.6 Å². The van der Waals surface area contributed by atoms with E-state index < -0.39 is 0 Å². The highest BCUT2D eigenvalue weighted by Crippen LogP contribution is 2.28. The Bertz CT molecular complexity index is 936. The lowest BCUT2D eigenvalue weighted by atomic mass is 10.1. The number of pyridine rings is 1. The van der Waals surface area contributed by atoms with Gasteiger partial charge in [-0.25, -0.2) is 0 Å². The minimum Gasteiger partial charge on any atom is -0.497 e. The van der Waals surface area contributed by atoms with E-state index in [0.717, 1.165) is 28.8 Å². The second kappa shape index (κ2) is 7.62. The summed E-state index contributed by atoms with van der Waals surface area (Å²) in [6, 6.07) is 15.4. The zero-order valence-electron chi connectivity index (χ0n) is 14.4. The van der Waals surface area contributed by atoms with Gasteiger partial charge in [0.25, 0.3) is 5.56 Å². The molecule has 3 rings (SSSR count). The Balaban J connectivity index is 1.97. The second-order valence-corrected chi connectivity index (χ2v) is 6.33. The van der Waals surface area contributed by atoms with Crippen molar-refractivity contribution in [1.82, 2.24) is 4.57 Å². The molecule has 2 aromatic carbocycles. The standard InChI is InChI=1S/C20H21ClN2O2/c1-3-11-22-12-10-17-18(20(22)24)8-5-9-19(17)23(21)14-15-6-4-7-16(13-15)25-2/h4-10,12-13H,3,11,14H2,1-2H3. The van der Waals surface area contributed by atoms with Crippen LogP contribution in [0.5, 0.6) is 5.75 Å². The van der Waals surface area contributed by atoms with Crippen LogP contribution >= 0.6 is 11.8 Å². The van der Waals surface area contributed by atoms with Crippen molar-refractivity contribution in [2.24, 2.45) is 0 Å². The Hall–Kier alpha value is -2.46. The number of hydrogen-bond acceptors (Lipinski definition) is 3. The molecule has 0 saturated carbocycles. The molecule has 0 bridgehead atoms. The molecule has 0 aliphatic heterocycles. The lowest BCUT2D eigenvalue weighted by Gasteiger charge is -2.19. The van der Waals surface area contributed by atoms with E-state index in [1.165, 1.54) is 0 Å². The van der Waals surface area contributed by atoms with Gasteiger partial charge in [-0.15, -0.1) is 0 Å². The fourth-order valence-corrected chi connectivity index (χ4v) is 3.23. The molecule has 0 unspecified atom stereocenters. The van der Waals surface area contributed by atoms with Crippen molar-refractivity contribution >= 4 is 28.2 Å². The molecule has 0 amide bonds. The predicted octanol–water partition coefficient (Wildman–Crippen LogP) is 4.58. The number of nitrogens with zero attached hydrogens (tertiary/aromatic N) is 2. The Morgan fingerprint density at radius 1 is 1.12 bits per heavy atom. The molecule has 0 atom stereocenters. The monoisotopic (exact) mass is 356 g/mol. The largest absolute Gasteiger partial charge is 0.497 e. The fourth-order valence-electron chi connectivity index (χ4n) is 2.95. The van der Waals surface area contributed by atoms with E-state index in [2.05, 4.69) is 6.92 Å². The van der Waals surface area contributed by atoms with Gasteiger partial charge in [-0.1, -0.05) is 25.1 Å². The number of hydrogen-bond donors (Lipinski definition) is 0. The topological polar surface area (TPSA) is 34.5 Å². The summed E-state index contributed by atoms with van der Waals surface area (Å²) in [6.07, 6.45) is 2.76. The fraction of sp³-hybridized carbons (Fsp3) is 0.250. The van der Waals surface area contributed by atoms with Gasteiger partial charge in [0.15, 0.2) is 0 Å². The van der Waals surface area contributed by atoms with Gasteiger partial charge in [-0.3, -0.25) is 9.21 Å². The summed E-state index contributed by atoms with van der Waals surface area (Å²) < 4.78 is 8.64. The zero-order chi connectivity index (χ0) is 17.8. The first-order valence-electron chi connectivity index (χ1n) is 8.32. The molecule has 130 valence electrons. The van der Waals surface area contributed by atoms with Crippen LogP contribution in [0.25, 0.3) is 10.8 Å². The summed E-state index contributed by atoms with van der Waals surface area (Å²) >= 11 is 6.55. The van der Waals surface area contributed by atoms with Crippen LogP contribution in [0.1, 0.15) is 18.9 Å². The third kappa shape index (κ3) is 3.64. The van der Waals surface area contributed by atoms with Gasteiger partial charge < -0.3 is 9.30 Å². The van der Waals surface area contributed by atoms with Crippen LogP contribution in [0, 0.1) is 0 Å². The Morgan fingerprint density at radius 3 is 2.68 bits per heavy atom. The third-order valence-corrected chi connectivity index (χ3v) is 4.48. The number of aromatic nitrogens is 1. The molecule has 1 aromatic heterocycles. The van der Waals surface area contributed by atoms with E-state index in [1.807, 2.05) is 54.7 Å². The quantitative estimate of drug-likeness (QED) is 0.606. The van der Waals surface area contributed by atoms with Crippen LogP contribution in [0.3, 0.4) is 0 Å². The number of rotatable bonds is 6. The first-order valence-corrected chi connectivity index (χ1v) is 8.66. The SMILES string of the molecule is CCCn1ccc2c(N(Cl)Cc3cccc(OC)c3)cccc2c1=O. The number of methoxy groups -OCH3 is 1. The number of halogens is 1. The summed E-state index contributed by atoms with van der Waals surface area (Å²) in [4.78, 5) is 12.6. The summed E-state index contributed by atoms with van der Waals surface area (Å²) in [5.41, 5.74) is 1.88. The number of anilines is 1. The van der Waals surface area contributed by atoms with Crippen molar-refractivity contribution in [1.29, 1.82) is 0 Å². The van der Waals surface area contributed by atoms with Gasteiger partial charge in [0.05, 0.1) is 19.3 Å². The molecule has 0 saturated heterocycles. The van der Waals surface area contributed by atoms with Crippen molar-refractivity contribution in [3.8, 4) is 5.75 Å². The maximum absolute atomic E-state index is 12.6. The second-order valence-electron chi connectivity index (χ2n) is 5.92. The van der Waals surface area contributed by atoms with Crippen molar-refractivity contribution < 1.29 is 4.74 Å². The maximum Gasteiger partial charge on any atom is 0.258 e. The third-order valence-electron chi connectivity index (χ3n) is 4.18. The minimum absolute atomic E-state index is 0.0210. The highest BCUT2D eigenvalue weighted by Gasteiger charge is 2.12. The summed E-state index contributed by atoms with van der Waals surface area (Å²) in [5.74, 6) is 0.794. The molecule has 3 aromatic rings. The van der Waals surface area contributed by atoms with E-state index in [-0.39, 0.29) is 5.56 Å². The molecule has 0 radical (unpaired) electrons. The Morgan fingerprint density at radius 2 is 1.92 bits per heavy atom. The molecule has 0 aliphatic rings. The zero-order valence-corrected chi connectivity index (χ0v) is 15.2. The normalized spacial score (nSPS) is 10.8. The molecular weight excluding hydrogens is 336 g/mol.